The minimum atomic E-state index is -4.59. The summed E-state index contributed by atoms with van der Waals surface area (Å²) in [5, 5.41) is 17.1. The van der Waals surface area contributed by atoms with Gasteiger partial charge >= 0.3 is 12.2 Å². The predicted octanol–water partition coefficient (Wildman–Crippen LogP) is 6.04. The molecule has 4 aromatic carbocycles. The first-order chi connectivity index (χ1) is 20.0. The molecule has 4 rings (SSSR count). The first kappa shape index (κ1) is 29.7. The summed E-state index contributed by atoms with van der Waals surface area (Å²) < 4.78 is 70.3. The monoisotopic (exact) mass is 583 g/mol. The Hall–Kier alpha value is -5.26. The summed E-state index contributed by atoms with van der Waals surface area (Å²) in [5.41, 5.74) is -0.916. The zero-order valence-corrected chi connectivity index (χ0v) is 22.1. The van der Waals surface area contributed by atoms with Gasteiger partial charge in [-0.3, -0.25) is 0 Å². The highest BCUT2D eigenvalue weighted by atomic mass is 19.4. The van der Waals surface area contributed by atoms with Crippen molar-refractivity contribution in [3.8, 4) is 17.2 Å². The van der Waals surface area contributed by atoms with Crippen LogP contribution in [0.15, 0.2) is 84.9 Å². The lowest BCUT2D eigenvalue weighted by atomic mass is 9.99. The van der Waals surface area contributed by atoms with E-state index >= 15 is 0 Å². The van der Waals surface area contributed by atoms with Crippen molar-refractivity contribution in [3.05, 3.63) is 113 Å². The van der Waals surface area contributed by atoms with E-state index in [0.717, 1.165) is 36.4 Å². The van der Waals surface area contributed by atoms with Crippen LogP contribution < -0.4 is 30.0 Å². The summed E-state index contributed by atoms with van der Waals surface area (Å²) in [5.74, 6) is -1.85. The number of ether oxygens (including phenoxy) is 3. The average Bonchev–Trinajstić information content (AvgIpc) is 2.96. The SMILES string of the molecule is COc1ccc(NC(=O)Nc2ccc(OC(c3ccc(C(F)(F)F)cc3)c3ccccc3F)c(C(=O)[O-])c2)cc1OC. The summed E-state index contributed by atoms with van der Waals surface area (Å²) in [6.45, 7) is 0. The van der Waals surface area contributed by atoms with E-state index in [1.807, 2.05) is 0 Å². The molecule has 0 spiro atoms. The van der Waals surface area contributed by atoms with Crippen molar-refractivity contribution in [2.75, 3.05) is 24.9 Å². The molecule has 12 heteroatoms. The number of halogens is 4. The van der Waals surface area contributed by atoms with E-state index in [1.54, 1.807) is 12.1 Å². The molecule has 0 bridgehead atoms. The molecule has 218 valence electrons. The van der Waals surface area contributed by atoms with Crippen LogP contribution in [0.3, 0.4) is 0 Å². The van der Waals surface area contributed by atoms with Gasteiger partial charge in [0.05, 0.1) is 25.8 Å². The summed E-state index contributed by atoms with van der Waals surface area (Å²) in [4.78, 5) is 24.6. The number of carbonyl (C=O) groups excluding carboxylic acids is 2. The van der Waals surface area contributed by atoms with Crippen molar-refractivity contribution in [2.24, 2.45) is 0 Å². The fraction of sp³-hybridized carbons (Fsp3) is 0.133. The lowest BCUT2D eigenvalue weighted by Crippen LogP contribution is -2.25. The summed E-state index contributed by atoms with van der Waals surface area (Å²) in [7, 11) is 2.89. The van der Waals surface area contributed by atoms with Gasteiger partial charge in [-0.05, 0) is 54.1 Å². The molecule has 0 aliphatic rings. The second-order valence-corrected chi connectivity index (χ2v) is 8.79. The number of benzene rings is 4. The molecule has 0 aliphatic heterocycles. The zero-order valence-electron chi connectivity index (χ0n) is 22.1. The van der Waals surface area contributed by atoms with Crippen molar-refractivity contribution < 1.29 is 46.5 Å². The molecule has 1 atom stereocenters. The van der Waals surface area contributed by atoms with Crippen LogP contribution in [0.4, 0.5) is 33.7 Å². The quantitative estimate of drug-likeness (QED) is 0.233. The molecule has 0 saturated carbocycles. The number of anilines is 2. The topological polar surface area (TPSA) is 109 Å². The molecule has 42 heavy (non-hydrogen) atoms. The lowest BCUT2D eigenvalue weighted by molar-refractivity contribution is -0.255. The number of hydrogen-bond acceptors (Lipinski definition) is 6. The maximum atomic E-state index is 14.8. The van der Waals surface area contributed by atoms with Crippen LogP contribution in [0.5, 0.6) is 17.2 Å². The average molecular weight is 584 g/mol. The number of nitrogens with one attached hydrogen (secondary N) is 2. The number of methoxy groups -OCH3 is 2. The van der Waals surface area contributed by atoms with Crippen molar-refractivity contribution >= 4 is 23.4 Å². The summed E-state index contributed by atoms with van der Waals surface area (Å²) in [6, 6.07) is 16.9. The number of rotatable bonds is 9. The second kappa shape index (κ2) is 12.5. The number of carbonyl (C=O) groups is 2. The molecular weight excluding hydrogens is 560 g/mol. The summed E-state index contributed by atoms with van der Waals surface area (Å²) >= 11 is 0. The fourth-order valence-electron chi connectivity index (χ4n) is 4.05. The van der Waals surface area contributed by atoms with Gasteiger partial charge in [-0.1, -0.05) is 30.3 Å². The first-order valence-corrected chi connectivity index (χ1v) is 12.2. The minimum absolute atomic E-state index is 0.0435. The van der Waals surface area contributed by atoms with Gasteiger partial charge in [-0.25, -0.2) is 9.18 Å². The maximum Gasteiger partial charge on any atom is 0.416 e. The Labute approximate surface area is 237 Å². The van der Waals surface area contributed by atoms with Crippen LogP contribution in [0.2, 0.25) is 0 Å². The third kappa shape index (κ3) is 6.89. The van der Waals surface area contributed by atoms with Crippen LogP contribution in [0, 0.1) is 5.82 Å². The summed E-state index contributed by atoms with van der Waals surface area (Å²) in [6.07, 6.45) is -5.91. The Morgan fingerprint density at radius 1 is 0.786 bits per heavy atom. The van der Waals surface area contributed by atoms with Crippen LogP contribution in [-0.2, 0) is 6.18 Å². The van der Waals surface area contributed by atoms with Gasteiger partial charge in [0.1, 0.15) is 11.6 Å². The van der Waals surface area contributed by atoms with Crippen LogP contribution in [0.25, 0.3) is 0 Å². The van der Waals surface area contributed by atoms with Gasteiger partial charge in [0.15, 0.2) is 17.6 Å². The molecular formula is C30H23F4N2O6-. The number of carboxylic acid groups (broad SMARTS) is 1. The highest BCUT2D eigenvalue weighted by Gasteiger charge is 2.31. The van der Waals surface area contributed by atoms with E-state index in [-0.39, 0.29) is 22.6 Å². The van der Waals surface area contributed by atoms with Gasteiger partial charge in [-0.15, -0.1) is 0 Å². The van der Waals surface area contributed by atoms with Gasteiger partial charge in [0.25, 0.3) is 0 Å². The largest absolute Gasteiger partial charge is 0.545 e. The molecule has 0 aliphatic carbocycles. The van der Waals surface area contributed by atoms with E-state index in [2.05, 4.69) is 10.6 Å². The molecule has 0 aromatic heterocycles. The Kier molecular flexibility index (Phi) is 8.84. The maximum absolute atomic E-state index is 14.8. The van der Waals surface area contributed by atoms with Crippen molar-refractivity contribution in [1.29, 1.82) is 0 Å². The second-order valence-electron chi connectivity index (χ2n) is 8.79. The predicted molar refractivity (Wildman–Crippen MR) is 143 cm³/mol. The first-order valence-electron chi connectivity index (χ1n) is 12.2. The number of urea groups is 1. The third-order valence-electron chi connectivity index (χ3n) is 6.07. The Balaban J connectivity index is 1.61. The smallest absolute Gasteiger partial charge is 0.416 e. The number of aromatic carboxylic acids is 1. The number of amides is 2. The van der Waals surface area contributed by atoms with Crippen LogP contribution >= 0.6 is 0 Å². The molecule has 0 fully saturated rings. The third-order valence-corrected chi connectivity index (χ3v) is 6.07. The molecule has 2 amide bonds. The van der Waals surface area contributed by atoms with E-state index in [4.69, 9.17) is 14.2 Å². The molecule has 0 radical (unpaired) electrons. The van der Waals surface area contributed by atoms with Crippen molar-refractivity contribution in [2.45, 2.75) is 12.3 Å². The van der Waals surface area contributed by atoms with Gasteiger partial charge in [0.2, 0.25) is 0 Å². The van der Waals surface area contributed by atoms with E-state index in [1.165, 1.54) is 50.6 Å². The molecule has 8 nitrogen and oxygen atoms in total. The standard InChI is InChI=1S/C30H24F4N2O6/c1-40-25-14-12-20(16-26(25)41-2)36-29(39)35-19-11-13-24(22(15-19)28(37)38)42-27(21-5-3-4-6-23(21)31)17-7-9-18(10-8-17)30(32,33)34/h3-16,27H,1-2H3,(H,37,38)(H2,35,36,39)/p-1. The van der Waals surface area contributed by atoms with E-state index < -0.39 is 41.2 Å². The number of carboxylic acids is 1. The zero-order chi connectivity index (χ0) is 30.4. The lowest BCUT2D eigenvalue weighted by Gasteiger charge is -2.23. The highest BCUT2D eigenvalue weighted by Crippen LogP contribution is 2.35. The molecule has 0 saturated heterocycles. The fourth-order valence-corrected chi connectivity index (χ4v) is 4.05. The van der Waals surface area contributed by atoms with Gasteiger partial charge in [-0.2, -0.15) is 13.2 Å². The normalized spacial score (nSPS) is 11.8. The van der Waals surface area contributed by atoms with Gasteiger partial charge < -0.3 is 34.7 Å². The van der Waals surface area contributed by atoms with Crippen molar-refractivity contribution in [3.63, 3.8) is 0 Å². The van der Waals surface area contributed by atoms with E-state index in [0.29, 0.717) is 17.2 Å². The van der Waals surface area contributed by atoms with Gasteiger partial charge in [0, 0.05) is 28.6 Å². The molecule has 1 unspecified atom stereocenters. The van der Waals surface area contributed by atoms with Crippen molar-refractivity contribution in [1.82, 2.24) is 0 Å². The highest BCUT2D eigenvalue weighted by molar-refractivity contribution is 6.01. The molecule has 4 aromatic rings. The Morgan fingerprint density at radius 2 is 1.38 bits per heavy atom. The van der Waals surface area contributed by atoms with Crippen LogP contribution in [-0.4, -0.2) is 26.2 Å². The Morgan fingerprint density at radius 3 is 1.95 bits per heavy atom. The Bertz CT molecular complexity index is 1590. The number of hydrogen-bond donors (Lipinski definition) is 2. The number of alkyl halides is 3. The van der Waals surface area contributed by atoms with E-state index in [9.17, 15) is 32.3 Å². The van der Waals surface area contributed by atoms with Crippen LogP contribution in [0.1, 0.15) is 33.2 Å². The minimum Gasteiger partial charge on any atom is -0.545 e. The molecule has 2 N–H and O–H groups in total. The molecule has 0 heterocycles.